The Balaban J connectivity index is 2.68. The van der Waals surface area contributed by atoms with E-state index in [1.807, 2.05) is 0 Å². The Morgan fingerprint density at radius 2 is 2.38 bits per heavy atom. The Morgan fingerprint density at radius 1 is 1.62 bits per heavy atom. The number of nitrogens with zero attached hydrogens (tertiary/aromatic N) is 3. The SMILES string of the molecule is CC(C)CN=C(N)c1ccncn1. The summed E-state index contributed by atoms with van der Waals surface area (Å²) in [5.41, 5.74) is 6.39. The molecule has 0 saturated carbocycles. The summed E-state index contributed by atoms with van der Waals surface area (Å²) < 4.78 is 0. The van der Waals surface area contributed by atoms with Crippen molar-refractivity contribution in [1.82, 2.24) is 9.97 Å². The summed E-state index contributed by atoms with van der Waals surface area (Å²) in [6.45, 7) is 4.92. The van der Waals surface area contributed by atoms with Crippen molar-refractivity contribution >= 4 is 5.84 Å². The predicted octanol–water partition coefficient (Wildman–Crippen LogP) is 0.838. The lowest BCUT2D eigenvalue weighted by Gasteiger charge is -2.01. The van der Waals surface area contributed by atoms with E-state index in [1.165, 1.54) is 6.33 Å². The summed E-state index contributed by atoms with van der Waals surface area (Å²) in [6.07, 6.45) is 3.12. The Kier molecular flexibility index (Phi) is 3.37. The van der Waals surface area contributed by atoms with Crippen LogP contribution in [-0.4, -0.2) is 22.3 Å². The maximum Gasteiger partial charge on any atom is 0.144 e. The van der Waals surface area contributed by atoms with Gasteiger partial charge in [-0.05, 0) is 12.0 Å². The highest BCUT2D eigenvalue weighted by Crippen LogP contribution is 1.95. The van der Waals surface area contributed by atoms with Gasteiger partial charge in [0, 0.05) is 12.7 Å². The number of hydrogen-bond acceptors (Lipinski definition) is 3. The molecule has 0 aliphatic carbocycles. The van der Waals surface area contributed by atoms with Crippen LogP contribution in [0.3, 0.4) is 0 Å². The topological polar surface area (TPSA) is 64.2 Å². The molecule has 0 aliphatic rings. The third-order valence-corrected chi connectivity index (χ3v) is 1.47. The second kappa shape index (κ2) is 4.54. The quantitative estimate of drug-likeness (QED) is 0.551. The van der Waals surface area contributed by atoms with Crippen LogP contribution in [0.4, 0.5) is 0 Å². The Labute approximate surface area is 77.9 Å². The normalized spacial score (nSPS) is 12.1. The van der Waals surface area contributed by atoms with Gasteiger partial charge in [0.25, 0.3) is 0 Å². The van der Waals surface area contributed by atoms with Crippen molar-refractivity contribution in [2.45, 2.75) is 13.8 Å². The fourth-order valence-corrected chi connectivity index (χ4v) is 0.804. The zero-order valence-electron chi connectivity index (χ0n) is 7.94. The molecule has 0 spiro atoms. The summed E-state index contributed by atoms with van der Waals surface area (Å²) in [5, 5.41) is 0. The van der Waals surface area contributed by atoms with Gasteiger partial charge in [0.15, 0.2) is 0 Å². The number of aliphatic imine (C=N–C) groups is 1. The summed E-state index contributed by atoms with van der Waals surface area (Å²) in [6, 6.07) is 1.75. The van der Waals surface area contributed by atoms with Crippen molar-refractivity contribution in [2.75, 3.05) is 6.54 Å². The smallest absolute Gasteiger partial charge is 0.144 e. The van der Waals surface area contributed by atoms with E-state index in [4.69, 9.17) is 5.73 Å². The highest BCUT2D eigenvalue weighted by Gasteiger charge is 1.98. The number of aromatic nitrogens is 2. The molecular weight excluding hydrogens is 164 g/mol. The maximum atomic E-state index is 5.70. The van der Waals surface area contributed by atoms with Gasteiger partial charge in [-0.3, -0.25) is 4.99 Å². The van der Waals surface area contributed by atoms with Crippen LogP contribution in [0.25, 0.3) is 0 Å². The molecule has 1 aromatic rings. The van der Waals surface area contributed by atoms with Crippen molar-refractivity contribution < 1.29 is 0 Å². The lowest BCUT2D eigenvalue weighted by Crippen LogP contribution is -2.16. The minimum atomic E-state index is 0.483. The zero-order valence-corrected chi connectivity index (χ0v) is 7.94. The molecule has 0 unspecified atom stereocenters. The highest BCUT2D eigenvalue weighted by atomic mass is 14.9. The second-order valence-electron chi connectivity index (χ2n) is 3.21. The molecule has 1 heterocycles. The highest BCUT2D eigenvalue weighted by molar-refractivity contribution is 5.95. The standard InChI is InChI=1S/C9H14N4/c1-7(2)5-12-9(10)8-3-4-11-6-13-8/h3-4,6-7H,5H2,1-2H3,(H2,10,12). The molecule has 1 aromatic heterocycles. The largest absolute Gasteiger partial charge is 0.382 e. The minimum Gasteiger partial charge on any atom is -0.382 e. The summed E-state index contributed by atoms with van der Waals surface area (Å²) >= 11 is 0. The Bertz CT molecular complexity index is 279. The first-order chi connectivity index (χ1) is 6.20. The van der Waals surface area contributed by atoms with Crippen molar-refractivity contribution in [3.63, 3.8) is 0 Å². The van der Waals surface area contributed by atoms with Crippen LogP contribution in [0.5, 0.6) is 0 Å². The number of hydrogen-bond donors (Lipinski definition) is 1. The van der Waals surface area contributed by atoms with Crippen LogP contribution in [0.15, 0.2) is 23.6 Å². The van der Waals surface area contributed by atoms with E-state index in [0.717, 1.165) is 6.54 Å². The first-order valence-corrected chi connectivity index (χ1v) is 4.26. The molecular formula is C9H14N4. The minimum absolute atomic E-state index is 0.483. The van der Waals surface area contributed by atoms with Gasteiger partial charge in [0.1, 0.15) is 17.9 Å². The van der Waals surface area contributed by atoms with Gasteiger partial charge < -0.3 is 5.73 Å². The summed E-state index contributed by atoms with van der Waals surface area (Å²) in [7, 11) is 0. The first-order valence-electron chi connectivity index (χ1n) is 4.26. The molecule has 4 heteroatoms. The van der Waals surface area contributed by atoms with Crippen molar-refractivity contribution in [2.24, 2.45) is 16.6 Å². The third kappa shape index (κ3) is 3.19. The van der Waals surface area contributed by atoms with Crippen molar-refractivity contribution in [3.8, 4) is 0 Å². The molecule has 0 aromatic carbocycles. The van der Waals surface area contributed by atoms with Gasteiger partial charge in [-0.25, -0.2) is 9.97 Å². The summed E-state index contributed by atoms with van der Waals surface area (Å²) in [5.74, 6) is 0.997. The van der Waals surface area contributed by atoms with Crippen LogP contribution in [0, 0.1) is 5.92 Å². The fraction of sp³-hybridized carbons (Fsp3) is 0.444. The molecule has 0 atom stereocenters. The molecule has 13 heavy (non-hydrogen) atoms. The van der Waals surface area contributed by atoms with E-state index in [0.29, 0.717) is 17.4 Å². The lowest BCUT2D eigenvalue weighted by molar-refractivity contribution is 0.665. The van der Waals surface area contributed by atoms with E-state index in [9.17, 15) is 0 Å². The second-order valence-corrected chi connectivity index (χ2v) is 3.21. The van der Waals surface area contributed by atoms with Crippen LogP contribution >= 0.6 is 0 Å². The van der Waals surface area contributed by atoms with E-state index < -0.39 is 0 Å². The number of amidine groups is 1. The molecule has 2 N–H and O–H groups in total. The third-order valence-electron chi connectivity index (χ3n) is 1.47. The monoisotopic (exact) mass is 178 g/mol. The van der Waals surface area contributed by atoms with E-state index in [-0.39, 0.29) is 0 Å². The van der Waals surface area contributed by atoms with Gasteiger partial charge in [-0.1, -0.05) is 13.8 Å². The molecule has 0 fully saturated rings. The molecule has 0 bridgehead atoms. The van der Waals surface area contributed by atoms with Gasteiger partial charge in [-0.2, -0.15) is 0 Å². The molecule has 0 saturated heterocycles. The molecule has 4 nitrogen and oxygen atoms in total. The molecule has 0 aliphatic heterocycles. The van der Waals surface area contributed by atoms with E-state index >= 15 is 0 Å². The van der Waals surface area contributed by atoms with Crippen molar-refractivity contribution in [3.05, 3.63) is 24.3 Å². The number of nitrogens with two attached hydrogens (primary N) is 1. The molecule has 1 rings (SSSR count). The van der Waals surface area contributed by atoms with Crippen LogP contribution in [-0.2, 0) is 0 Å². The molecule has 0 radical (unpaired) electrons. The van der Waals surface area contributed by atoms with Gasteiger partial charge in [0.05, 0.1) is 0 Å². The summed E-state index contributed by atoms with van der Waals surface area (Å²) in [4.78, 5) is 12.0. The van der Waals surface area contributed by atoms with Crippen molar-refractivity contribution in [1.29, 1.82) is 0 Å². The molecule has 0 amide bonds. The maximum absolute atomic E-state index is 5.70. The average molecular weight is 178 g/mol. The fourth-order valence-electron chi connectivity index (χ4n) is 0.804. The van der Waals surface area contributed by atoms with E-state index in [2.05, 4.69) is 28.8 Å². The predicted molar refractivity (Wildman–Crippen MR) is 52.5 cm³/mol. The number of rotatable bonds is 3. The lowest BCUT2D eigenvalue weighted by atomic mass is 10.2. The van der Waals surface area contributed by atoms with Crippen LogP contribution in [0.1, 0.15) is 19.5 Å². The zero-order chi connectivity index (χ0) is 9.68. The Morgan fingerprint density at radius 3 is 2.92 bits per heavy atom. The van der Waals surface area contributed by atoms with E-state index in [1.54, 1.807) is 12.3 Å². The molecule has 70 valence electrons. The van der Waals surface area contributed by atoms with Gasteiger partial charge in [0.2, 0.25) is 0 Å². The average Bonchev–Trinajstić information content (AvgIpc) is 2.15. The van der Waals surface area contributed by atoms with Crippen LogP contribution in [0.2, 0.25) is 0 Å². The first kappa shape index (κ1) is 9.64. The van der Waals surface area contributed by atoms with Gasteiger partial charge in [-0.15, -0.1) is 0 Å². The van der Waals surface area contributed by atoms with Crippen LogP contribution < -0.4 is 5.73 Å². The van der Waals surface area contributed by atoms with Gasteiger partial charge >= 0.3 is 0 Å². The Hall–Kier alpha value is -1.45.